The first-order valence-electron chi connectivity index (χ1n) is 9.10. The van der Waals surface area contributed by atoms with Crippen molar-refractivity contribution in [1.82, 2.24) is 0 Å². The van der Waals surface area contributed by atoms with Crippen molar-refractivity contribution >= 4 is 17.3 Å². The van der Waals surface area contributed by atoms with Crippen LogP contribution >= 0.6 is 0 Å². The van der Waals surface area contributed by atoms with Gasteiger partial charge in [0.15, 0.2) is 11.5 Å². The number of nitrogens with one attached hydrogen (secondary N) is 1. The summed E-state index contributed by atoms with van der Waals surface area (Å²) in [7, 11) is 4.48. The van der Waals surface area contributed by atoms with E-state index in [-0.39, 0.29) is 5.91 Å². The number of hydrogen-bond donors (Lipinski definition) is 2. The van der Waals surface area contributed by atoms with Crippen molar-refractivity contribution in [1.29, 1.82) is 0 Å². The molecule has 1 amide bonds. The highest BCUT2D eigenvalue weighted by atomic mass is 16.5. The summed E-state index contributed by atoms with van der Waals surface area (Å²) in [4.78, 5) is 12.7. The topological polar surface area (TPSA) is 89.4 Å². The van der Waals surface area contributed by atoms with E-state index >= 15 is 0 Å². The lowest BCUT2D eigenvalue weighted by Crippen LogP contribution is -2.13. The van der Waals surface area contributed by atoms with E-state index in [9.17, 15) is 10.0 Å². The Morgan fingerprint density at radius 2 is 1.37 bits per heavy atom. The number of hydrogen-bond acceptors (Lipinski definition) is 6. The second-order valence-electron chi connectivity index (χ2n) is 6.26. The fraction of sp³-hybridized carbons (Fsp3) is 0.130. The van der Waals surface area contributed by atoms with Gasteiger partial charge in [-0.15, -0.1) is 0 Å². The van der Waals surface area contributed by atoms with Gasteiger partial charge in [-0.25, -0.2) is 0 Å². The highest BCUT2D eigenvalue weighted by Crippen LogP contribution is 2.38. The maximum absolute atomic E-state index is 12.7. The number of carbonyl (C=O) groups is 1. The van der Waals surface area contributed by atoms with Crippen LogP contribution in [0.5, 0.6) is 17.2 Å². The first-order valence-corrected chi connectivity index (χ1v) is 9.10. The van der Waals surface area contributed by atoms with Crippen molar-refractivity contribution in [3.8, 4) is 17.2 Å². The normalized spacial score (nSPS) is 11.0. The SMILES string of the molecule is COc1cc(C(=O)Nc2ccc(C(=NO)c3ccccc3)cc2)cc(OC)c1OC. The quantitative estimate of drug-likeness (QED) is 0.349. The van der Waals surface area contributed by atoms with E-state index in [1.54, 1.807) is 36.4 Å². The van der Waals surface area contributed by atoms with Gasteiger partial charge in [0.1, 0.15) is 5.71 Å². The molecule has 0 fully saturated rings. The first kappa shape index (κ1) is 20.7. The van der Waals surface area contributed by atoms with Gasteiger partial charge in [-0.3, -0.25) is 4.79 Å². The van der Waals surface area contributed by atoms with E-state index in [0.29, 0.717) is 34.2 Å². The Bertz CT molecular complexity index is 1020. The van der Waals surface area contributed by atoms with Gasteiger partial charge < -0.3 is 24.7 Å². The van der Waals surface area contributed by atoms with Crippen LogP contribution in [0.3, 0.4) is 0 Å². The molecule has 7 nitrogen and oxygen atoms in total. The summed E-state index contributed by atoms with van der Waals surface area (Å²) in [6.07, 6.45) is 0. The third kappa shape index (κ3) is 4.35. The van der Waals surface area contributed by atoms with Crippen LogP contribution in [0.1, 0.15) is 21.5 Å². The maximum Gasteiger partial charge on any atom is 0.255 e. The van der Waals surface area contributed by atoms with Crippen LogP contribution in [-0.2, 0) is 0 Å². The average Bonchev–Trinajstić information content (AvgIpc) is 2.80. The number of benzene rings is 3. The standard InChI is InChI=1S/C23H22N2O5/c1-28-19-13-17(14-20(29-2)22(19)30-3)23(26)24-18-11-9-16(10-12-18)21(25-27)15-7-5-4-6-8-15/h4-14,27H,1-3H3,(H,24,26). The van der Waals surface area contributed by atoms with Crippen molar-refractivity contribution in [2.24, 2.45) is 5.16 Å². The van der Waals surface area contributed by atoms with E-state index in [1.165, 1.54) is 21.3 Å². The lowest BCUT2D eigenvalue weighted by Gasteiger charge is -2.14. The number of anilines is 1. The Labute approximate surface area is 174 Å². The van der Waals surface area contributed by atoms with Gasteiger partial charge in [0.25, 0.3) is 5.91 Å². The zero-order valence-corrected chi connectivity index (χ0v) is 16.9. The average molecular weight is 406 g/mol. The van der Waals surface area contributed by atoms with E-state index in [1.807, 2.05) is 30.3 Å². The summed E-state index contributed by atoms with van der Waals surface area (Å²) in [6, 6.07) is 19.5. The zero-order valence-electron chi connectivity index (χ0n) is 16.9. The third-order valence-electron chi connectivity index (χ3n) is 4.49. The van der Waals surface area contributed by atoms with Crippen LogP contribution in [-0.4, -0.2) is 38.2 Å². The van der Waals surface area contributed by atoms with Crippen molar-refractivity contribution in [3.05, 3.63) is 83.4 Å². The zero-order chi connectivity index (χ0) is 21.5. The summed E-state index contributed by atoms with van der Waals surface area (Å²) >= 11 is 0. The van der Waals surface area contributed by atoms with Crippen LogP contribution in [0.15, 0.2) is 71.9 Å². The molecule has 0 spiro atoms. The smallest absolute Gasteiger partial charge is 0.255 e. The van der Waals surface area contributed by atoms with Crippen LogP contribution < -0.4 is 19.5 Å². The van der Waals surface area contributed by atoms with E-state index in [4.69, 9.17) is 14.2 Å². The Morgan fingerprint density at radius 3 is 1.87 bits per heavy atom. The van der Waals surface area contributed by atoms with Gasteiger partial charge in [-0.05, 0) is 24.3 Å². The van der Waals surface area contributed by atoms with Crippen molar-refractivity contribution in [2.45, 2.75) is 0 Å². The number of amides is 1. The van der Waals surface area contributed by atoms with Gasteiger partial charge in [-0.2, -0.15) is 0 Å². The number of oxime groups is 1. The lowest BCUT2D eigenvalue weighted by molar-refractivity contribution is 0.102. The van der Waals surface area contributed by atoms with Gasteiger partial charge in [0, 0.05) is 22.4 Å². The number of methoxy groups -OCH3 is 3. The highest BCUT2D eigenvalue weighted by Gasteiger charge is 2.17. The fourth-order valence-electron chi connectivity index (χ4n) is 3.01. The number of rotatable bonds is 7. The van der Waals surface area contributed by atoms with E-state index < -0.39 is 0 Å². The molecule has 0 saturated carbocycles. The molecule has 0 heterocycles. The number of nitrogens with zero attached hydrogens (tertiary/aromatic N) is 1. The third-order valence-corrected chi connectivity index (χ3v) is 4.49. The molecule has 3 rings (SSSR count). The molecule has 0 aliphatic carbocycles. The molecular formula is C23H22N2O5. The van der Waals surface area contributed by atoms with E-state index in [0.717, 1.165) is 11.1 Å². The molecule has 154 valence electrons. The minimum Gasteiger partial charge on any atom is -0.493 e. The Kier molecular flexibility index (Phi) is 6.54. The van der Waals surface area contributed by atoms with Crippen LogP contribution in [0.4, 0.5) is 5.69 Å². The summed E-state index contributed by atoms with van der Waals surface area (Å²) in [5, 5.41) is 15.7. The van der Waals surface area contributed by atoms with Crippen LogP contribution in [0.2, 0.25) is 0 Å². The molecule has 30 heavy (non-hydrogen) atoms. The fourth-order valence-corrected chi connectivity index (χ4v) is 3.01. The molecule has 3 aromatic carbocycles. The van der Waals surface area contributed by atoms with Crippen molar-refractivity contribution in [2.75, 3.05) is 26.6 Å². The molecule has 0 aliphatic heterocycles. The summed E-state index contributed by atoms with van der Waals surface area (Å²) in [5.41, 5.74) is 2.89. The minimum atomic E-state index is -0.332. The van der Waals surface area contributed by atoms with Crippen molar-refractivity contribution in [3.63, 3.8) is 0 Å². The largest absolute Gasteiger partial charge is 0.493 e. The molecule has 0 atom stereocenters. The van der Waals surface area contributed by atoms with Gasteiger partial charge in [0.2, 0.25) is 5.75 Å². The van der Waals surface area contributed by atoms with Gasteiger partial charge in [0.05, 0.1) is 21.3 Å². The summed E-state index contributed by atoms with van der Waals surface area (Å²) < 4.78 is 15.9. The molecule has 0 unspecified atom stereocenters. The molecule has 0 saturated heterocycles. The molecular weight excluding hydrogens is 384 g/mol. The predicted octanol–water partition coefficient (Wildman–Crippen LogP) is 4.19. The van der Waals surface area contributed by atoms with E-state index in [2.05, 4.69) is 10.5 Å². The molecule has 3 aromatic rings. The summed E-state index contributed by atoms with van der Waals surface area (Å²) in [6.45, 7) is 0. The van der Waals surface area contributed by atoms with Crippen LogP contribution in [0.25, 0.3) is 0 Å². The Morgan fingerprint density at radius 1 is 0.800 bits per heavy atom. The number of carbonyl (C=O) groups excluding carboxylic acids is 1. The minimum absolute atomic E-state index is 0.332. The summed E-state index contributed by atoms with van der Waals surface area (Å²) in [5.74, 6) is 0.867. The molecule has 0 aromatic heterocycles. The Balaban J connectivity index is 1.81. The second kappa shape index (κ2) is 9.47. The maximum atomic E-state index is 12.7. The van der Waals surface area contributed by atoms with Crippen molar-refractivity contribution < 1.29 is 24.2 Å². The lowest BCUT2D eigenvalue weighted by atomic mass is 10.0. The molecule has 0 aliphatic rings. The number of ether oxygens (including phenoxy) is 3. The highest BCUT2D eigenvalue weighted by molar-refractivity contribution is 6.13. The van der Waals surface area contributed by atoms with Gasteiger partial charge in [-0.1, -0.05) is 47.6 Å². The monoisotopic (exact) mass is 406 g/mol. The molecule has 0 radical (unpaired) electrons. The molecule has 7 heteroatoms. The second-order valence-corrected chi connectivity index (χ2v) is 6.26. The Hall–Kier alpha value is -4.00. The first-order chi connectivity index (χ1) is 14.6. The van der Waals surface area contributed by atoms with Crippen LogP contribution in [0, 0.1) is 0 Å². The molecule has 0 bridgehead atoms. The molecule has 2 N–H and O–H groups in total. The predicted molar refractivity (Wildman–Crippen MR) is 114 cm³/mol. The van der Waals surface area contributed by atoms with Gasteiger partial charge >= 0.3 is 0 Å².